The Morgan fingerprint density at radius 1 is 1.03 bits per heavy atom. The number of aliphatic hydroxyl groups excluding tert-OH is 4. The fraction of sp³-hybridized carbons (Fsp3) is 0.520. The second-order valence-corrected chi connectivity index (χ2v) is 9.01. The molecule has 35 heavy (non-hydrogen) atoms. The third-order valence-corrected chi connectivity index (χ3v) is 6.11. The number of benzene rings is 2. The molecule has 1 fully saturated rings. The van der Waals surface area contributed by atoms with Gasteiger partial charge in [0, 0.05) is 5.02 Å². The number of hydrogen-bond acceptors (Lipinski definition) is 9. The molecular weight excluding hydrogens is 480 g/mol. The third kappa shape index (κ3) is 7.60. The maximum absolute atomic E-state index is 10.8. The van der Waals surface area contributed by atoms with Gasteiger partial charge in [-0.1, -0.05) is 35.9 Å². The molecule has 1 aliphatic heterocycles. The Kier molecular flexibility index (Phi) is 10.3. The minimum absolute atomic E-state index is 0.297. The van der Waals surface area contributed by atoms with Gasteiger partial charge in [-0.05, 0) is 48.2 Å². The standard InChI is InChI=1S/C25H33ClO9/c1-2-34-19-6-3-16(4-7-19)9-18-10-17(5-8-20(18)26)24-23(30)22(29)21(28)11-32-13-25(31,12-27)14-33-15-35-24/h3-8,10,21-24,27-31H,2,9,11-15H2,1H3/t21-,22+,23-,24+,25?/m1/s1. The summed E-state index contributed by atoms with van der Waals surface area (Å²) in [6.45, 7) is 0.489. The highest BCUT2D eigenvalue weighted by Crippen LogP contribution is 2.30. The number of rotatable bonds is 6. The Hall–Kier alpha value is -1.79. The summed E-state index contributed by atoms with van der Waals surface area (Å²) in [5.74, 6) is 0.769. The Morgan fingerprint density at radius 3 is 2.43 bits per heavy atom. The van der Waals surface area contributed by atoms with Crippen LogP contribution in [0.5, 0.6) is 5.75 Å². The van der Waals surface area contributed by atoms with Gasteiger partial charge in [-0.25, -0.2) is 0 Å². The highest BCUT2D eigenvalue weighted by atomic mass is 35.5. The summed E-state index contributed by atoms with van der Waals surface area (Å²) < 4.78 is 21.8. The van der Waals surface area contributed by atoms with Gasteiger partial charge >= 0.3 is 0 Å². The van der Waals surface area contributed by atoms with Crippen molar-refractivity contribution in [1.29, 1.82) is 0 Å². The summed E-state index contributed by atoms with van der Waals surface area (Å²) in [4.78, 5) is 0. The fourth-order valence-corrected chi connectivity index (χ4v) is 3.93. The molecule has 1 aliphatic rings. The molecule has 2 aromatic rings. The number of aliphatic hydroxyl groups is 5. The van der Waals surface area contributed by atoms with Crippen molar-refractivity contribution in [1.82, 2.24) is 0 Å². The molecule has 0 aliphatic carbocycles. The van der Waals surface area contributed by atoms with Crippen molar-refractivity contribution in [3.63, 3.8) is 0 Å². The van der Waals surface area contributed by atoms with Gasteiger partial charge in [-0.15, -0.1) is 0 Å². The van der Waals surface area contributed by atoms with E-state index >= 15 is 0 Å². The van der Waals surface area contributed by atoms with Crippen molar-refractivity contribution >= 4 is 11.6 Å². The molecule has 0 saturated carbocycles. The van der Waals surface area contributed by atoms with Crippen LogP contribution in [0.1, 0.15) is 29.7 Å². The van der Waals surface area contributed by atoms with Crippen molar-refractivity contribution in [3.05, 3.63) is 64.2 Å². The van der Waals surface area contributed by atoms with E-state index in [2.05, 4.69) is 0 Å². The Labute approximate surface area is 209 Å². The maximum atomic E-state index is 10.8. The van der Waals surface area contributed by atoms with Crippen LogP contribution in [0, 0.1) is 0 Å². The Morgan fingerprint density at radius 2 is 1.74 bits per heavy atom. The molecule has 0 bridgehead atoms. The van der Waals surface area contributed by atoms with Crippen molar-refractivity contribution in [2.24, 2.45) is 0 Å². The first-order chi connectivity index (χ1) is 16.8. The largest absolute Gasteiger partial charge is 0.494 e. The number of hydrogen-bond donors (Lipinski definition) is 5. The first-order valence-electron chi connectivity index (χ1n) is 11.4. The van der Waals surface area contributed by atoms with Gasteiger partial charge < -0.3 is 44.5 Å². The number of ether oxygens (including phenoxy) is 4. The van der Waals surface area contributed by atoms with Crippen LogP contribution in [0.4, 0.5) is 0 Å². The third-order valence-electron chi connectivity index (χ3n) is 5.74. The summed E-state index contributed by atoms with van der Waals surface area (Å²) in [5.41, 5.74) is 0.566. The zero-order chi connectivity index (χ0) is 25.4. The highest BCUT2D eigenvalue weighted by Gasteiger charge is 2.35. The number of halogens is 1. The summed E-state index contributed by atoms with van der Waals surface area (Å²) >= 11 is 6.44. The average molecular weight is 513 g/mol. The molecule has 0 spiro atoms. The Balaban J connectivity index is 1.83. The van der Waals surface area contributed by atoms with Crippen LogP contribution >= 0.6 is 11.6 Å². The summed E-state index contributed by atoms with van der Waals surface area (Å²) in [5, 5.41) is 52.0. The average Bonchev–Trinajstić information content (AvgIpc) is 2.85. The van der Waals surface area contributed by atoms with E-state index in [-0.39, 0.29) is 26.6 Å². The van der Waals surface area contributed by atoms with Gasteiger partial charge in [0.2, 0.25) is 0 Å². The molecule has 10 heteroatoms. The van der Waals surface area contributed by atoms with E-state index in [0.29, 0.717) is 23.6 Å². The molecule has 5 atom stereocenters. The molecule has 1 saturated heterocycles. The minimum atomic E-state index is -1.70. The zero-order valence-electron chi connectivity index (χ0n) is 19.5. The quantitative estimate of drug-likeness (QED) is 0.386. The monoisotopic (exact) mass is 512 g/mol. The fourth-order valence-electron chi connectivity index (χ4n) is 3.75. The first kappa shape index (κ1) is 27.8. The van der Waals surface area contributed by atoms with Gasteiger partial charge in [-0.2, -0.15) is 0 Å². The second-order valence-electron chi connectivity index (χ2n) is 8.60. The Bertz CT molecular complexity index is 926. The van der Waals surface area contributed by atoms with E-state index in [9.17, 15) is 25.5 Å². The lowest BCUT2D eigenvalue weighted by Crippen LogP contribution is -2.48. The molecule has 5 N–H and O–H groups in total. The molecule has 0 amide bonds. The van der Waals surface area contributed by atoms with E-state index in [1.54, 1.807) is 18.2 Å². The lowest BCUT2D eigenvalue weighted by atomic mass is 9.94. The van der Waals surface area contributed by atoms with E-state index in [4.69, 9.17) is 30.5 Å². The molecule has 0 aromatic heterocycles. The zero-order valence-corrected chi connectivity index (χ0v) is 20.3. The molecule has 0 radical (unpaired) electrons. The molecular formula is C25H33ClO9. The smallest absolute Gasteiger partial charge is 0.147 e. The molecule has 194 valence electrons. The van der Waals surface area contributed by atoms with Gasteiger partial charge in [0.25, 0.3) is 0 Å². The van der Waals surface area contributed by atoms with Crippen molar-refractivity contribution in [2.75, 3.05) is 39.8 Å². The van der Waals surface area contributed by atoms with Gasteiger partial charge in [-0.3, -0.25) is 0 Å². The van der Waals surface area contributed by atoms with E-state index in [0.717, 1.165) is 16.9 Å². The van der Waals surface area contributed by atoms with Crippen LogP contribution in [-0.4, -0.2) is 89.3 Å². The van der Waals surface area contributed by atoms with Crippen LogP contribution in [0.2, 0.25) is 5.02 Å². The molecule has 9 nitrogen and oxygen atoms in total. The molecule has 1 heterocycles. The predicted octanol–water partition coefficient (Wildman–Crippen LogP) is 1.20. The topological polar surface area (TPSA) is 138 Å². The van der Waals surface area contributed by atoms with Crippen LogP contribution in [0.3, 0.4) is 0 Å². The lowest BCUT2D eigenvalue weighted by Gasteiger charge is -2.32. The summed E-state index contributed by atoms with van der Waals surface area (Å²) in [6, 6.07) is 12.7. The summed E-state index contributed by atoms with van der Waals surface area (Å²) in [6.07, 6.45) is -5.19. The predicted molar refractivity (Wildman–Crippen MR) is 127 cm³/mol. The molecule has 2 aromatic carbocycles. The van der Waals surface area contributed by atoms with Crippen LogP contribution in [-0.2, 0) is 20.6 Å². The minimum Gasteiger partial charge on any atom is -0.494 e. The SMILES string of the molecule is CCOc1ccc(Cc2cc([C@@H]3OCOCC(O)(CO)COC[C@@H](O)[C@H](O)[C@H]3O)ccc2Cl)cc1. The van der Waals surface area contributed by atoms with Gasteiger partial charge in [0.15, 0.2) is 0 Å². The lowest BCUT2D eigenvalue weighted by molar-refractivity contribution is -0.205. The summed E-state index contributed by atoms with van der Waals surface area (Å²) in [7, 11) is 0. The highest BCUT2D eigenvalue weighted by molar-refractivity contribution is 6.31. The van der Waals surface area contributed by atoms with E-state index in [1.165, 1.54) is 0 Å². The maximum Gasteiger partial charge on any atom is 0.147 e. The van der Waals surface area contributed by atoms with Crippen molar-refractivity contribution in [2.45, 2.75) is 43.4 Å². The van der Waals surface area contributed by atoms with Crippen LogP contribution < -0.4 is 4.74 Å². The second kappa shape index (κ2) is 13.0. The van der Waals surface area contributed by atoms with Gasteiger partial charge in [0.05, 0.1) is 33.0 Å². The molecule has 3 rings (SSSR count). The van der Waals surface area contributed by atoms with Crippen LogP contribution in [0.25, 0.3) is 0 Å². The first-order valence-corrected chi connectivity index (χ1v) is 11.8. The van der Waals surface area contributed by atoms with E-state index < -0.39 is 36.6 Å². The molecule has 1 unspecified atom stereocenters. The van der Waals surface area contributed by atoms with Gasteiger partial charge in [0.1, 0.15) is 42.6 Å². The normalized spacial score (nSPS) is 28.7. The van der Waals surface area contributed by atoms with E-state index in [1.807, 2.05) is 31.2 Å². The van der Waals surface area contributed by atoms with Crippen molar-refractivity contribution < 1.29 is 44.5 Å². The van der Waals surface area contributed by atoms with Crippen molar-refractivity contribution in [3.8, 4) is 5.75 Å². The van der Waals surface area contributed by atoms with Crippen LogP contribution in [0.15, 0.2) is 42.5 Å².